The molecule has 1 rings (SSSR count). The van der Waals surface area contributed by atoms with E-state index >= 15 is 0 Å². The van der Waals surface area contributed by atoms with E-state index in [0.29, 0.717) is 5.75 Å². The lowest BCUT2D eigenvalue weighted by atomic mass is 10.3. The molecule has 15 heavy (non-hydrogen) atoms. The summed E-state index contributed by atoms with van der Waals surface area (Å²) in [6, 6.07) is 7.53. The van der Waals surface area contributed by atoms with Gasteiger partial charge in [0.2, 0.25) is 0 Å². The molecule has 0 atom stereocenters. The molecule has 1 aromatic rings. The Kier molecular flexibility index (Phi) is 4.85. The molecule has 0 heterocycles. The van der Waals surface area contributed by atoms with E-state index in [1.165, 1.54) is 0 Å². The minimum absolute atomic E-state index is 0.0783. The standard InChI is InChI=1S/C10H13IO3S/c1-2-15(12,13)7-6-14-10-5-3-4-9(11)8-10/h3-5,8H,2,6-7H2,1H3. The van der Waals surface area contributed by atoms with Crippen molar-refractivity contribution >= 4 is 32.4 Å². The number of rotatable bonds is 5. The Morgan fingerprint density at radius 3 is 2.73 bits per heavy atom. The van der Waals surface area contributed by atoms with Gasteiger partial charge in [-0.15, -0.1) is 0 Å². The minimum atomic E-state index is -2.93. The molecular formula is C10H13IO3S. The minimum Gasteiger partial charge on any atom is -0.493 e. The number of hydrogen-bond acceptors (Lipinski definition) is 3. The first-order valence-corrected chi connectivity index (χ1v) is 7.52. The maximum absolute atomic E-state index is 11.2. The van der Waals surface area contributed by atoms with E-state index in [9.17, 15) is 8.42 Å². The largest absolute Gasteiger partial charge is 0.493 e. The Bertz CT molecular complexity index is 414. The number of hydrogen-bond donors (Lipinski definition) is 0. The number of halogens is 1. The van der Waals surface area contributed by atoms with E-state index in [1.54, 1.807) is 6.92 Å². The maximum atomic E-state index is 11.2. The van der Waals surface area contributed by atoms with Gasteiger partial charge in [-0.1, -0.05) is 13.0 Å². The topological polar surface area (TPSA) is 43.4 Å². The van der Waals surface area contributed by atoms with Gasteiger partial charge >= 0.3 is 0 Å². The van der Waals surface area contributed by atoms with E-state index in [1.807, 2.05) is 24.3 Å². The van der Waals surface area contributed by atoms with Crippen LogP contribution in [0.2, 0.25) is 0 Å². The fourth-order valence-corrected chi connectivity index (χ4v) is 2.13. The van der Waals surface area contributed by atoms with Crippen molar-refractivity contribution in [3.05, 3.63) is 27.8 Å². The Morgan fingerprint density at radius 2 is 2.13 bits per heavy atom. The monoisotopic (exact) mass is 340 g/mol. The van der Waals surface area contributed by atoms with Crippen LogP contribution in [0.3, 0.4) is 0 Å². The van der Waals surface area contributed by atoms with Crippen molar-refractivity contribution in [1.29, 1.82) is 0 Å². The summed E-state index contributed by atoms with van der Waals surface area (Å²) in [4.78, 5) is 0. The Morgan fingerprint density at radius 1 is 1.40 bits per heavy atom. The van der Waals surface area contributed by atoms with Crippen LogP contribution in [0.4, 0.5) is 0 Å². The smallest absolute Gasteiger partial charge is 0.153 e. The second kappa shape index (κ2) is 5.69. The third-order valence-electron chi connectivity index (χ3n) is 1.90. The molecule has 0 aromatic heterocycles. The molecule has 5 heteroatoms. The summed E-state index contributed by atoms with van der Waals surface area (Å²) in [6.07, 6.45) is 0. The summed E-state index contributed by atoms with van der Waals surface area (Å²) in [5, 5.41) is 0. The van der Waals surface area contributed by atoms with Crippen molar-refractivity contribution in [2.75, 3.05) is 18.1 Å². The van der Waals surface area contributed by atoms with Crippen molar-refractivity contribution in [2.45, 2.75) is 6.92 Å². The van der Waals surface area contributed by atoms with Crippen LogP contribution in [-0.4, -0.2) is 26.5 Å². The fraction of sp³-hybridized carbons (Fsp3) is 0.400. The number of ether oxygens (including phenoxy) is 1. The quantitative estimate of drug-likeness (QED) is 0.771. The van der Waals surface area contributed by atoms with Gasteiger partial charge in [-0.05, 0) is 40.8 Å². The Labute approximate surface area is 104 Å². The van der Waals surface area contributed by atoms with Crippen LogP contribution in [0.1, 0.15) is 6.92 Å². The molecule has 0 bridgehead atoms. The first kappa shape index (κ1) is 12.8. The van der Waals surface area contributed by atoms with Crippen LogP contribution in [0, 0.1) is 3.57 Å². The van der Waals surface area contributed by atoms with Gasteiger partial charge in [0.15, 0.2) is 9.84 Å². The lowest BCUT2D eigenvalue weighted by molar-refractivity contribution is 0.340. The summed E-state index contributed by atoms with van der Waals surface area (Å²) in [6.45, 7) is 1.86. The molecule has 0 saturated heterocycles. The van der Waals surface area contributed by atoms with Gasteiger partial charge < -0.3 is 4.74 Å². The lowest BCUT2D eigenvalue weighted by Crippen LogP contribution is -2.15. The third kappa shape index (κ3) is 4.83. The zero-order valence-corrected chi connectivity index (χ0v) is 11.4. The molecule has 1 aromatic carbocycles. The van der Waals surface area contributed by atoms with Gasteiger partial charge in [0.05, 0.1) is 5.75 Å². The Hall–Kier alpha value is -0.300. The number of sulfone groups is 1. The van der Waals surface area contributed by atoms with Crippen LogP contribution in [0.5, 0.6) is 5.75 Å². The molecular weight excluding hydrogens is 327 g/mol. The van der Waals surface area contributed by atoms with Crippen LogP contribution < -0.4 is 4.74 Å². The average Bonchev–Trinajstić information content (AvgIpc) is 2.18. The Balaban J connectivity index is 2.45. The van der Waals surface area contributed by atoms with E-state index in [-0.39, 0.29) is 18.1 Å². The predicted octanol–water partition coefficient (Wildman–Crippen LogP) is 2.10. The summed E-state index contributed by atoms with van der Waals surface area (Å²) in [5.74, 6) is 0.964. The zero-order chi connectivity index (χ0) is 11.3. The highest BCUT2D eigenvalue weighted by molar-refractivity contribution is 14.1. The van der Waals surface area contributed by atoms with E-state index in [2.05, 4.69) is 22.6 Å². The molecule has 0 fully saturated rings. The SMILES string of the molecule is CCS(=O)(=O)CCOc1cccc(I)c1. The van der Waals surface area contributed by atoms with E-state index < -0.39 is 9.84 Å². The highest BCUT2D eigenvalue weighted by Gasteiger charge is 2.07. The van der Waals surface area contributed by atoms with Crippen LogP contribution in [0.15, 0.2) is 24.3 Å². The molecule has 0 aliphatic carbocycles. The van der Waals surface area contributed by atoms with Crippen LogP contribution >= 0.6 is 22.6 Å². The second-order valence-electron chi connectivity index (χ2n) is 3.04. The average molecular weight is 340 g/mol. The lowest BCUT2D eigenvalue weighted by Gasteiger charge is -2.06. The van der Waals surface area contributed by atoms with Crippen LogP contribution in [-0.2, 0) is 9.84 Å². The first-order chi connectivity index (χ1) is 7.03. The zero-order valence-electron chi connectivity index (χ0n) is 8.44. The molecule has 84 valence electrons. The summed E-state index contributed by atoms with van der Waals surface area (Å²) in [7, 11) is -2.93. The first-order valence-electron chi connectivity index (χ1n) is 4.62. The summed E-state index contributed by atoms with van der Waals surface area (Å²) in [5.41, 5.74) is 0. The van der Waals surface area contributed by atoms with Crippen molar-refractivity contribution in [2.24, 2.45) is 0 Å². The molecule has 0 spiro atoms. The molecule has 0 aliphatic rings. The fourth-order valence-electron chi connectivity index (χ4n) is 0.988. The van der Waals surface area contributed by atoms with Gasteiger partial charge in [0, 0.05) is 9.32 Å². The van der Waals surface area contributed by atoms with Gasteiger partial charge in [-0.2, -0.15) is 0 Å². The molecule has 3 nitrogen and oxygen atoms in total. The third-order valence-corrected chi connectivity index (χ3v) is 4.24. The highest BCUT2D eigenvalue weighted by atomic mass is 127. The van der Waals surface area contributed by atoms with Gasteiger partial charge in [-0.3, -0.25) is 0 Å². The number of benzene rings is 1. The molecule has 0 saturated carbocycles. The van der Waals surface area contributed by atoms with Crippen molar-refractivity contribution in [3.8, 4) is 5.75 Å². The van der Waals surface area contributed by atoms with Gasteiger partial charge in [-0.25, -0.2) is 8.42 Å². The predicted molar refractivity (Wildman–Crippen MR) is 69.0 cm³/mol. The normalized spacial score (nSPS) is 11.3. The van der Waals surface area contributed by atoms with E-state index in [0.717, 1.165) is 3.57 Å². The van der Waals surface area contributed by atoms with Gasteiger partial charge in [0.25, 0.3) is 0 Å². The molecule has 0 radical (unpaired) electrons. The van der Waals surface area contributed by atoms with Crippen LogP contribution in [0.25, 0.3) is 0 Å². The molecule has 0 aliphatic heterocycles. The maximum Gasteiger partial charge on any atom is 0.153 e. The van der Waals surface area contributed by atoms with Crippen molar-refractivity contribution in [3.63, 3.8) is 0 Å². The highest BCUT2D eigenvalue weighted by Crippen LogP contribution is 2.14. The molecule has 0 amide bonds. The van der Waals surface area contributed by atoms with E-state index in [4.69, 9.17) is 4.74 Å². The van der Waals surface area contributed by atoms with Gasteiger partial charge in [0.1, 0.15) is 12.4 Å². The van der Waals surface area contributed by atoms with Crippen molar-refractivity contribution < 1.29 is 13.2 Å². The summed E-state index contributed by atoms with van der Waals surface area (Å²) < 4.78 is 28.8. The summed E-state index contributed by atoms with van der Waals surface area (Å²) >= 11 is 2.18. The second-order valence-corrected chi connectivity index (χ2v) is 6.76. The van der Waals surface area contributed by atoms with Crippen molar-refractivity contribution in [1.82, 2.24) is 0 Å². The molecule has 0 N–H and O–H groups in total. The molecule has 0 unspecified atom stereocenters.